The normalized spacial score (nSPS) is 10.6. The predicted molar refractivity (Wildman–Crippen MR) is 83.0 cm³/mol. The van der Waals surface area contributed by atoms with Crippen molar-refractivity contribution in [3.63, 3.8) is 0 Å². The van der Waals surface area contributed by atoms with Gasteiger partial charge in [0.1, 0.15) is 17.3 Å². The number of benzene rings is 2. The molecule has 0 bridgehead atoms. The van der Waals surface area contributed by atoms with E-state index in [2.05, 4.69) is 28.2 Å². The van der Waals surface area contributed by atoms with Crippen molar-refractivity contribution in [1.82, 2.24) is 5.32 Å². The quantitative estimate of drug-likeness (QED) is 0.798. The second-order valence-electron chi connectivity index (χ2n) is 4.21. The van der Waals surface area contributed by atoms with Crippen LogP contribution in [0.25, 0.3) is 0 Å². The summed E-state index contributed by atoms with van der Waals surface area (Å²) in [6.45, 7) is 3.76. The summed E-state index contributed by atoms with van der Waals surface area (Å²) in [5.74, 6) is 0.689. The van der Waals surface area contributed by atoms with Crippen molar-refractivity contribution in [2.75, 3.05) is 6.54 Å². The molecule has 0 unspecified atom stereocenters. The summed E-state index contributed by atoms with van der Waals surface area (Å²) in [4.78, 5) is 0. The van der Waals surface area contributed by atoms with E-state index in [9.17, 15) is 4.39 Å². The van der Waals surface area contributed by atoms with Gasteiger partial charge in [0.15, 0.2) is 0 Å². The van der Waals surface area contributed by atoms with Crippen LogP contribution >= 0.6 is 27.5 Å². The molecule has 20 heavy (non-hydrogen) atoms. The van der Waals surface area contributed by atoms with E-state index in [0.29, 0.717) is 11.5 Å². The second-order valence-corrected chi connectivity index (χ2v) is 5.47. The number of ether oxygens (including phenoxy) is 1. The lowest BCUT2D eigenvalue weighted by Gasteiger charge is -2.10. The van der Waals surface area contributed by atoms with Crippen LogP contribution in [0.15, 0.2) is 40.9 Å². The highest BCUT2D eigenvalue weighted by atomic mass is 79.9. The number of halogens is 3. The first-order valence-electron chi connectivity index (χ1n) is 6.22. The van der Waals surface area contributed by atoms with Gasteiger partial charge in [-0.2, -0.15) is 0 Å². The van der Waals surface area contributed by atoms with Gasteiger partial charge >= 0.3 is 0 Å². The molecule has 2 rings (SSSR count). The molecule has 0 amide bonds. The minimum absolute atomic E-state index is 0.248. The third-order valence-corrected chi connectivity index (χ3v) is 3.75. The van der Waals surface area contributed by atoms with Crippen molar-refractivity contribution >= 4 is 27.5 Å². The van der Waals surface area contributed by atoms with Crippen molar-refractivity contribution in [2.24, 2.45) is 0 Å². The van der Waals surface area contributed by atoms with Gasteiger partial charge in [-0.25, -0.2) is 4.39 Å². The molecule has 0 radical (unpaired) electrons. The second kappa shape index (κ2) is 7.07. The maximum Gasteiger partial charge on any atom is 0.146 e. The molecule has 0 aromatic heterocycles. The van der Waals surface area contributed by atoms with Crippen LogP contribution in [0, 0.1) is 5.82 Å². The smallest absolute Gasteiger partial charge is 0.146 e. The molecule has 0 aliphatic heterocycles. The van der Waals surface area contributed by atoms with Gasteiger partial charge in [-0.1, -0.05) is 40.5 Å². The fourth-order valence-corrected chi connectivity index (χ4v) is 2.38. The maximum absolute atomic E-state index is 13.0. The van der Waals surface area contributed by atoms with Crippen LogP contribution in [0.2, 0.25) is 5.02 Å². The first-order valence-corrected chi connectivity index (χ1v) is 7.39. The lowest BCUT2D eigenvalue weighted by molar-refractivity contribution is 0.480. The van der Waals surface area contributed by atoms with Gasteiger partial charge in [0, 0.05) is 11.0 Å². The molecule has 106 valence electrons. The van der Waals surface area contributed by atoms with E-state index >= 15 is 0 Å². The average Bonchev–Trinajstić information content (AvgIpc) is 2.41. The van der Waals surface area contributed by atoms with Crippen LogP contribution in [-0.4, -0.2) is 6.54 Å². The summed E-state index contributed by atoms with van der Waals surface area (Å²) < 4.78 is 19.6. The van der Waals surface area contributed by atoms with Crippen LogP contribution < -0.4 is 10.1 Å². The van der Waals surface area contributed by atoms with Crippen molar-refractivity contribution in [3.8, 4) is 11.5 Å². The predicted octanol–water partition coefficient (Wildman–Crippen LogP) is 5.14. The molecule has 0 atom stereocenters. The van der Waals surface area contributed by atoms with Crippen LogP contribution in [0.4, 0.5) is 4.39 Å². The monoisotopic (exact) mass is 357 g/mol. The van der Waals surface area contributed by atoms with E-state index in [-0.39, 0.29) is 10.8 Å². The zero-order chi connectivity index (χ0) is 14.5. The molecule has 0 spiro atoms. The van der Waals surface area contributed by atoms with E-state index in [1.54, 1.807) is 0 Å². The lowest BCUT2D eigenvalue weighted by Crippen LogP contribution is -2.11. The van der Waals surface area contributed by atoms with Gasteiger partial charge in [0.2, 0.25) is 0 Å². The molecule has 0 heterocycles. The van der Waals surface area contributed by atoms with Crippen molar-refractivity contribution in [1.29, 1.82) is 0 Å². The van der Waals surface area contributed by atoms with Crippen molar-refractivity contribution < 1.29 is 9.13 Å². The molecule has 0 fully saturated rings. The van der Waals surface area contributed by atoms with Crippen molar-refractivity contribution in [3.05, 3.63) is 57.3 Å². The lowest BCUT2D eigenvalue weighted by atomic mass is 10.2. The minimum atomic E-state index is -0.385. The average molecular weight is 359 g/mol. The van der Waals surface area contributed by atoms with Crippen LogP contribution in [0.3, 0.4) is 0 Å². The van der Waals surface area contributed by atoms with Gasteiger partial charge < -0.3 is 10.1 Å². The van der Waals surface area contributed by atoms with Crippen LogP contribution in [0.5, 0.6) is 11.5 Å². The van der Waals surface area contributed by atoms with Gasteiger partial charge in [0.05, 0.1) is 5.02 Å². The molecule has 0 aliphatic rings. The maximum atomic E-state index is 13.0. The first-order chi connectivity index (χ1) is 9.60. The standard InChI is InChI=1S/C15H14BrClFNO/c1-2-19-9-10-3-5-12(8-13(10)16)20-15-6-4-11(18)7-14(15)17/h3-8,19H,2,9H2,1H3. The molecular weight excluding hydrogens is 345 g/mol. The minimum Gasteiger partial charge on any atom is -0.456 e. The zero-order valence-corrected chi connectivity index (χ0v) is 13.3. The highest BCUT2D eigenvalue weighted by Crippen LogP contribution is 2.32. The Morgan fingerprint density at radius 3 is 2.70 bits per heavy atom. The topological polar surface area (TPSA) is 21.3 Å². The summed E-state index contributed by atoms with van der Waals surface area (Å²) in [7, 11) is 0. The Bertz CT molecular complexity index is 606. The molecule has 1 N–H and O–H groups in total. The molecular formula is C15H14BrClFNO. The Labute approximate surface area is 131 Å². The first kappa shape index (κ1) is 15.3. The van der Waals surface area contributed by atoms with E-state index in [1.807, 2.05) is 18.2 Å². The molecule has 2 aromatic rings. The number of hydrogen-bond acceptors (Lipinski definition) is 2. The van der Waals surface area contributed by atoms with Gasteiger partial charge in [-0.05, 0) is 42.4 Å². The van der Waals surface area contributed by atoms with Crippen molar-refractivity contribution in [2.45, 2.75) is 13.5 Å². The Kier molecular flexibility index (Phi) is 5.40. The molecule has 5 heteroatoms. The summed E-state index contributed by atoms with van der Waals surface area (Å²) in [5, 5.41) is 3.50. The highest BCUT2D eigenvalue weighted by molar-refractivity contribution is 9.10. The number of hydrogen-bond donors (Lipinski definition) is 1. The van der Waals surface area contributed by atoms with E-state index in [0.717, 1.165) is 23.1 Å². The van der Waals surface area contributed by atoms with E-state index < -0.39 is 0 Å². The molecule has 0 aliphatic carbocycles. The van der Waals surface area contributed by atoms with Gasteiger partial charge in [0.25, 0.3) is 0 Å². The Morgan fingerprint density at radius 2 is 2.05 bits per heavy atom. The summed E-state index contributed by atoms with van der Waals surface area (Å²) in [5.41, 5.74) is 1.14. The largest absolute Gasteiger partial charge is 0.456 e. The Hall–Kier alpha value is -1.10. The molecule has 2 aromatic carbocycles. The summed E-state index contributed by atoms with van der Waals surface area (Å²) in [6, 6.07) is 9.75. The Balaban J connectivity index is 2.15. The summed E-state index contributed by atoms with van der Waals surface area (Å²) in [6.07, 6.45) is 0. The third-order valence-electron chi connectivity index (χ3n) is 2.71. The SMILES string of the molecule is CCNCc1ccc(Oc2ccc(F)cc2Cl)cc1Br. The molecule has 0 saturated carbocycles. The summed E-state index contributed by atoms with van der Waals surface area (Å²) >= 11 is 9.44. The molecule has 0 saturated heterocycles. The van der Waals surface area contributed by atoms with E-state index in [1.165, 1.54) is 18.2 Å². The van der Waals surface area contributed by atoms with Gasteiger partial charge in [-0.3, -0.25) is 0 Å². The van der Waals surface area contributed by atoms with Crippen LogP contribution in [-0.2, 0) is 6.54 Å². The number of rotatable bonds is 5. The van der Waals surface area contributed by atoms with E-state index in [4.69, 9.17) is 16.3 Å². The third kappa shape index (κ3) is 3.95. The van der Waals surface area contributed by atoms with Gasteiger partial charge in [-0.15, -0.1) is 0 Å². The molecule has 2 nitrogen and oxygen atoms in total. The van der Waals surface area contributed by atoms with Crippen LogP contribution in [0.1, 0.15) is 12.5 Å². The fourth-order valence-electron chi connectivity index (χ4n) is 1.68. The fraction of sp³-hybridized carbons (Fsp3) is 0.200. The zero-order valence-electron chi connectivity index (χ0n) is 10.9. The Morgan fingerprint density at radius 1 is 1.25 bits per heavy atom. The highest BCUT2D eigenvalue weighted by Gasteiger charge is 2.07. The number of nitrogens with one attached hydrogen (secondary N) is 1.